The second kappa shape index (κ2) is 7.72. The van der Waals surface area contributed by atoms with Crippen molar-refractivity contribution in [2.75, 3.05) is 25.1 Å². The van der Waals surface area contributed by atoms with E-state index in [1.807, 2.05) is 13.1 Å². The first-order valence-corrected chi connectivity index (χ1v) is 9.52. The van der Waals surface area contributed by atoms with Crippen LogP contribution in [-0.4, -0.2) is 52.1 Å². The van der Waals surface area contributed by atoms with Crippen molar-refractivity contribution in [3.8, 4) is 0 Å². The molecule has 1 aliphatic heterocycles. The van der Waals surface area contributed by atoms with Crippen LogP contribution in [0.15, 0.2) is 24.7 Å². The summed E-state index contributed by atoms with van der Waals surface area (Å²) >= 11 is 0. The molecule has 140 valence electrons. The highest BCUT2D eigenvalue weighted by Crippen LogP contribution is 2.30. The minimum absolute atomic E-state index is 0.248. The molecule has 2 fully saturated rings. The lowest BCUT2D eigenvalue weighted by Crippen LogP contribution is -2.38. The maximum atomic E-state index is 5.62. The largest absolute Gasteiger partial charge is 0.380 e. The number of aromatic nitrogens is 4. The molecule has 26 heavy (non-hydrogen) atoms. The normalized spacial score (nSPS) is 22.9. The van der Waals surface area contributed by atoms with Gasteiger partial charge in [-0.1, -0.05) is 0 Å². The van der Waals surface area contributed by atoms with E-state index < -0.39 is 0 Å². The molecule has 2 aromatic heterocycles. The number of methoxy groups -OCH3 is 1. The molecule has 0 radical (unpaired) electrons. The molecular weight excluding hydrogens is 328 g/mol. The predicted molar refractivity (Wildman–Crippen MR) is 100.0 cm³/mol. The summed E-state index contributed by atoms with van der Waals surface area (Å²) in [5.41, 5.74) is 2.26. The van der Waals surface area contributed by atoms with Crippen LogP contribution >= 0.6 is 0 Å². The third-order valence-corrected chi connectivity index (χ3v) is 5.41. The molecule has 0 amide bonds. The van der Waals surface area contributed by atoms with E-state index in [-0.39, 0.29) is 6.10 Å². The fraction of sp³-hybridized carbons (Fsp3) is 0.632. The van der Waals surface area contributed by atoms with Crippen LogP contribution in [0.3, 0.4) is 0 Å². The van der Waals surface area contributed by atoms with Gasteiger partial charge in [0.05, 0.1) is 11.8 Å². The summed E-state index contributed by atoms with van der Waals surface area (Å²) in [5, 5.41) is 8.09. The fourth-order valence-corrected chi connectivity index (χ4v) is 3.70. The second-order valence-corrected chi connectivity index (χ2v) is 7.50. The van der Waals surface area contributed by atoms with Crippen LogP contribution in [0.2, 0.25) is 0 Å². The second-order valence-electron chi connectivity index (χ2n) is 7.50. The van der Waals surface area contributed by atoms with Crippen molar-refractivity contribution in [1.82, 2.24) is 25.1 Å². The number of ether oxygens (including phenoxy) is 1. The Morgan fingerprint density at radius 2 is 2.19 bits per heavy atom. The molecule has 1 saturated carbocycles. The zero-order valence-corrected chi connectivity index (χ0v) is 15.6. The summed E-state index contributed by atoms with van der Waals surface area (Å²) in [6.45, 7) is 5.68. The van der Waals surface area contributed by atoms with Gasteiger partial charge >= 0.3 is 0 Å². The van der Waals surface area contributed by atoms with Crippen molar-refractivity contribution in [2.45, 2.75) is 51.4 Å². The molecule has 1 N–H and O–H groups in total. The van der Waals surface area contributed by atoms with Crippen LogP contribution in [0.5, 0.6) is 0 Å². The minimum Gasteiger partial charge on any atom is -0.380 e. The summed E-state index contributed by atoms with van der Waals surface area (Å²) in [6.07, 6.45) is 7.50. The quantitative estimate of drug-likeness (QED) is 0.778. The summed E-state index contributed by atoms with van der Waals surface area (Å²) in [5.74, 6) is 1.82. The van der Waals surface area contributed by atoms with E-state index in [1.54, 1.807) is 13.4 Å². The lowest BCUT2D eigenvalue weighted by Gasteiger charge is -2.25. The first kappa shape index (κ1) is 17.4. The molecular formula is C19H28N6O. The van der Waals surface area contributed by atoms with Crippen molar-refractivity contribution in [1.29, 1.82) is 0 Å². The van der Waals surface area contributed by atoms with Crippen LogP contribution in [0.25, 0.3) is 0 Å². The molecule has 0 spiro atoms. The zero-order valence-electron chi connectivity index (χ0n) is 15.6. The Balaban J connectivity index is 1.37. The summed E-state index contributed by atoms with van der Waals surface area (Å²) in [7, 11) is 1.79. The molecule has 7 heteroatoms. The smallest absolute Gasteiger partial charge is 0.132 e. The third kappa shape index (κ3) is 4.04. The molecule has 0 unspecified atom stereocenters. The number of anilines is 1. The van der Waals surface area contributed by atoms with Crippen molar-refractivity contribution < 1.29 is 4.74 Å². The Hall–Kier alpha value is -1.99. The number of hydrogen-bond donors (Lipinski definition) is 1. The minimum atomic E-state index is 0.248. The van der Waals surface area contributed by atoms with Gasteiger partial charge in [0.25, 0.3) is 0 Å². The highest BCUT2D eigenvalue weighted by molar-refractivity contribution is 5.42. The number of hydrogen-bond acceptors (Lipinski definition) is 6. The van der Waals surface area contributed by atoms with Crippen LogP contribution in [0, 0.1) is 12.8 Å². The highest BCUT2D eigenvalue weighted by atomic mass is 16.5. The molecule has 2 aliphatic rings. The van der Waals surface area contributed by atoms with E-state index in [1.165, 1.54) is 18.5 Å². The fourth-order valence-electron chi connectivity index (χ4n) is 3.70. The highest BCUT2D eigenvalue weighted by Gasteiger charge is 2.33. The average Bonchev–Trinajstić information content (AvgIpc) is 3.19. The molecule has 2 aromatic rings. The van der Waals surface area contributed by atoms with Gasteiger partial charge in [-0.3, -0.25) is 4.68 Å². The number of nitrogens with zero attached hydrogens (tertiary/aromatic N) is 5. The van der Waals surface area contributed by atoms with Gasteiger partial charge in [-0.25, -0.2) is 9.97 Å². The molecule has 0 bridgehead atoms. The summed E-state index contributed by atoms with van der Waals surface area (Å²) in [4.78, 5) is 11.0. The van der Waals surface area contributed by atoms with Crippen LogP contribution in [0.4, 0.5) is 5.82 Å². The molecule has 4 rings (SSSR count). The Labute approximate surface area is 154 Å². The van der Waals surface area contributed by atoms with Gasteiger partial charge in [0, 0.05) is 57.3 Å². The van der Waals surface area contributed by atoms with E-state index in [0.29, 0.717) is 6.04 Å². The zero-order chi connectivity index (χ0) is 17.9. The number of nitrogens with one attached hydrogen (secondary N) is 1. The first-order chi connectivity index (χ1) is 12.7. The van der Waals surface area contributed by atoms with E-state index in [4.69, 9.17) is 4.74 Å². The maximum Gasteiger partial charge on any atom is 0.132 e. The van der Waals surface area contributed by atoms with Crippen LogP contribution < -0.4 is 10.2 Å². The van der Waals surface area contributed by atoms with Gasteiger partial charge in [0.15, 0.2) is 0 Å². The Kier molecular flexibility index (Phi) is 5.17. The van der Waals surface area contributed by atoms with E-state index in [2.05, 4.69) is 42.1 Å². The number of rotatable bonds is 8. The van der Waals surface area contributed by atoms with Gasteiger partial charge in [-0.2, -0.15) is 5.10 Å². The van der Waals surface area contributed by atoms with Gasteiger partial charge < -0.3 is 15.0 Å². The first-order valence-electron chi connectivity index (χ1n) is 9.52. The van der Waals surface area contributed by atoms with Gasteiger partial charge in [0.1, 0.15) is 12.1 Å². The van der Waals surface area contributed by atoms with Crippen molar-refractivity contribution in [3.05, 3.63) is 36.0 Å². The third-order valence-electron chi connectivity index (χ3n) is 5.41. The molecule has 2 atom stereocenters. The van der Waals surface area contributed by atoms with Crippen molar-refractivity contribution in [3.63, 3.8) is 0 Å². The summed E-state index contributed by atoms with van der Waals surface area (Å²) < 4.78 is 7.77. The lowest BCUT2D eigenvalue weighted by atomic mass is 10.2. The summed E-state index contributed by atoms with van der Waals surface area (Å²) in [6, 6.07) is 4.54. The molecule has 1 saturated heterocycles. The van der Waals surface area contributed by atoms with Crippen LogP contribution in [-0.2, 0) is 17.8 Å². The Morgan fingerprint density at radius 1 is 1.31 bits per heavy atom. The monoisotopic (exact) mass is 356 g/mol. The van der Waals surface area contributed by atoms with Crippen molar-refractivity contribution >= 4 is 5.82 Å². The van der Waals surface area contributed by atoms with Crippen molar-refractivity contribution in [2.24, 2.45) is 5.92 Å². The number of aryl methyl sites for hydroxylation is 1. The van der Waals surface area contributed by atoms with E-state index in [0.717, 1.165) is 50.0 Å². The molecule has 0 aromatic carbocycles. The predicted octanol–water partition coefficient (Wildman–Crippen LogP) is 1.78. The standard InChI is InChI=1S/C19H28N6O/c1-14-7-19(22-13-21-14)24-12-18(26-2)8-17(24)10-20-9-16-5-6-23-25(16)11-15-3-4-15/h5-7,13,15,17-18,20H,3-4,8-12H2,1-2H3/t17-,18-/m0/s1. The lowest BCUT2D eigenvalue weighted by molar-refractivity contribution is 0.118. The topological polar surface area (TPSA) is 68.1 Å². The van der Waals surface area contributed by atoms with Gasteiger partial charge in [0.2, 0.25) is 0 Å². The maximum absolute atomic E-state index is 5.62. The van der Waals surface area contributed by atoms with Gasteiger partial charge in [-0.15, -0.1) is 0 Å². The Morgan fingerprint density at radius 3 is 2.96 bits per heavy atom. The van der Waals surface area contributed by atoms with Gasteiger partial charge in [-0.05, 0) is 38.2 Å². The van der Waals surface area contributed by atoms with E-state index >= 15 is 0 Å². The van der Waals surface area contributed by atoms with Crippen LogP contribution in [0.1, 0.15) is 30.7 Å². The molecule has 7 nitrogen and oxygen atoms in total. The van der Waals surface area contributed by atoms with E-state index in [9.17, 15) is 0 Å². The Bertz CT molecular complexity index is 728. The SMILES string of the molecule is CO[C@H]1C[C@@H](CNCc2ccnn2CC2CC2)N(c2cc(C)ncn2)C1. The molecule has 3 heterocycles. The molecule has 1 aliphatic carbocycles. The average molecular weight is 356 g/mol.